The first-order valence-electron chi connectivity index (χ1n) is 4.85. The lowest BCUT2D eigenvalue weighted by Gasteiger charge is -2.13. The number of hydrogen-bond donors (Lipinski definition) is 1. The van der Waals surface area contributed by atoms with Crippen LogP contribution in [0.4, 0.5) is 4.79 Å². The Labute approximate surface area is 83.7 Å². The fraction of sp³-hybridized carbons (Fsp3) is 0.364. The number of carbonyl (C=O) groups is 1. The molecule has 74 valence electrons. The van der Waals surface area contributed by atoms with E-state index in [-0.39, 0.29) is 12.1 Å². The second-order valence-electron chi connectivity index (χ2n) is 3.72. The lowest BCUT2D eigenvalue weighted by Crippen LogP contribution is -2.27. The van der Waals surface area contributed by atoms with E-state index in [1.807, 2.05) is 42.2 Å². The Morgan fingerprint density at radius 2 is 2.14 bits per heavy atom. The molecule has 0 radical (unpaired) electrons. The van der Waals surface area contributed by atoms with Crippen LogP contribution in [0.5, 0.6) is 0 Å². The summed E-state index contributed by atoms with van der Waals surface area (Å²) >= 11 is 0. The summed E-state index contributed by atoms with van der Waals surface area (Å²) in [6.07, 6.45) is 0. The SMILES string of the molecule is C[C@H]1CN(Cc2ccccc2)C(=O)N1. The van der Waals surface area contributed by atoms with E-state index in [4.69, 9.17) is 0 Å². The number of nitrogens with one attached hydrogen (secondary N) is 1. The van der Waals surface area contributed by atoms with Crippen molar-refractivity contribution >= 4 is 6.03 Å². The van der Waals surface area contributed by atoms with Gasteiger partial charge in [0.05, 0.1) is 0 Å². The summed E-state index contributed by atoms with van der Waals surface area (Å²) in [7, 11) is 0. The van der Waals surface area contributed by atoms with Gasteiger partial charge >= 0.3 is 6.03 Å². The molecule has 3 heteroatoms. The van der Waals surface area contributed by atoms with Gasteiger partial charge < -0.3 is 10.2 Å². The Balaban J connectivity index is 2.02. The summed E-state index contributed by atoms with van der Waals surface area (Å²) in [5.41, 5.74) is 1.18. The van der Waals surface area contributed by atoms with E-state index in [1.54, 1.807) is 0 Å². The third-order valence-corrected chi connectivity index (χ3v) is 2.37. The first-order chi connectivity index (χ1) is 6.75. The van der Waals surface area contributed by atoms with Crippen LogP contribution in [0.1, 0.15) is 12.5 Å². The summed E-state index contributed by atoms with van der Waals surface area (Å²) in [5, 5.41) is 2.87. The van der Waals surface area contributed by atoms with E-state index in [0.717, 1.165) is 6.54 Å². The van der Waals surface area contributed by atoms with Crippen molar-refractivity contribution in [3.63, 3.8) is 0 Å². The number of urea groups is 1. The van der Waals surface area contributed by atoms with Gasteiger partial charge in [0.1, 0.15) is 0 Å². The second kappa shape index (κ2) is 3.70. The maximum absolute atomic E-state index is 11.4. The molecule has 1 aliphatic rings. The van der Waals surface area contributed by atoms with Gasteiger partial charge in [-0.3, -0.25) is 0 Å². The molecule has 0 unspecified atom stereocenters. The second-order valence-corrected chi connectivity index (χ2v) is 3.72. The molecule has 2 rings (SSSR count). The van der Waals surface area contributed by atoms with E-state index in [9.17, 15) is 4.79 Å². The highest BCUT2D eigenvalue weighted by molar-refractivity contribution is 5.76. The van der Waals surface area contributed by atoms with Gasteiger partial charge in [-0.1, -0.05) is 30.3 Å². The van der Waals surface area contributed by atoms with Crippen LogP contribution in [0.2, 0.25) is 0 Å². The molecule has 0 bridgehead atoms. The van der Waals surface area contributed by atoms with Crippen molar-refractivity contribution in [2.45, 2.75) is 19.5 Å². The molecule has 2 amide bonds. The summed E-state index contributed by atoms with van der Waals surface area (Å²) in [6, 6.07) is 10.4. The Morgan fingerprint density at radius 3 is 2.71 bits per heavy atom. The molecule has 1 aromatic carbocycles. The van der Waals surface area contributed by atoms with Gasteiger partial charge in [0.15, 0.2) is 0 Å². The molecule has 1 aliphatic heterocycles. The predicted molar refractivity (Wildman–Crippen MR) is 54.8 cm³/mol. The van der Waals surface area contributed by atoms with Crippen LogP contribution >= 0.6 is 0 Å². The molecule has 1 fully saturated rings. The molecule has 1 atom stereocenters. The van der Waals surface area contributed by atoms with Crippen molar-refractivity contribution in [1.29, 1.82) is 0 Å². The van der Waals surface area contributed by atoms with Crippen molar-refractivity contribution in [1.82, 2.24) is 10.2 Å². The van der Waals surface area contributed by atoms with Gasteiger partial charge in [0.25, 0.3) is 0 Å². The number of benzene rings is 1. The lowest BCUT2D eigenvalue weighted by molar-refractivity contribution is 0.215. The van der Waals surface area contributed by atoms with Gasteiger partial charge in [0.2, 0.25) is 0 Å². The van der Waals surface area contributed by atoms with E-state index >= 15 is 0 Å². The van der Waals surface area contributed by atoms with Crippen molar-refractivity contribution in [2.75, 3.05) is 6.54 Å². The number of carbonyl (C=O) groups excluding carboxylic acids is 1. The van der Waals surface area contributed by atoms with E-state index < -0.39 is 0 Å². The Morgan fingerprint density at radius 1 is 1.43 bits per heavy atom. The van der Waals surface area contributed by atoms with Gasteiger partial charge in [0, 0.05) is 19.1 Å². The number of hydrogen-bond acceptors (Lipinski definition) is 1. The Hall–Kier alpha value is -1.51. The molecule has 0 saturated carbocycles. The highest BCUT2D eigenvalue weighted by Crippen LogP contribution is 2.09. The summed E-state index contributed by atoms with van der Waals surface area (Å²) in [6.45, 7) is 3.52. The maximum Gasteiger partial charge on any atom is 0.318 e. The van der Waals surface area contributed by atoms with Crippen LogP contribution in [-0.4, -0.2) is 23.5 Å². The van der Waals surface area contributed by atoms with Crippen LogP contribution in [0.3, 0.4) is 0 Å². The summed E-state index contributed by atoms with van der Waals surface area (Å²) < 4.78 is 0. The van der Waals surface area contributed by atoms with Crippen LogP contribution < -0.4 is 5.32 Å². The zero-order valence-electron chi connectivity index (χ0n) is 8.23. The van der Waals surface area contributed by atoms with Gasteiger partial charge in [-0.25, -0.2) is 4.79 Å². The molecule has 0 aromatic heterocycles. The predicted octanol–water partition coefficient (Wildman–Crippen LogP) is 1.60. The van der Waals surface area contributed by atoms with Gasteiger partial charge in [-0.05, 0) is 12.5 Å². The topological polar surface area (TPSA) is 32.3 Å². The fourth-order valence-corrected chi connectivity index (χ4v) is 1.70. The first kappa shape index (κ1) is 9.06. The van der Waals surface area contributed by atoms with Crippen molar-refractivity contribution < 1.29 is 4.79 Å². The zero-order chi connectivity index (χ0) is 9.97. The van der Waals surface area contributed by atoms with Crippen LogP contribution in [-0.2, 0) is 6.54 Å². The monoisotopic (exact) mass is 190 g/mol. The summed E-state index contributed by atoms with van der Waals surface area (Å²) in [5.74, 6) is 0. The van der Waals surface area contributed by atoms with E-state index in [2.05, 4.69) is 5.32 Å². The van der Waals surface area contributed by atoms with Crippen molar-refractivity contribution in [3.05, 3.63) is 35.9 Å². The molecular weight excluding hydrogens is 176 g/mol. The first-order valence-corrected chi connectivity index (χ1v) is 4.85. The Bertz CT molecular complexity index is 323. The van der Waals surface area contributed by atoms with Crippen LogP contribution in [0.15, 0.2) is 30.3 Å². The quantitative estimate of drug-likeness (QED) is 0.754. The lowest BCUT2D eigenvalue weighted by atomic mass is 10.2. The van der Waals surface area contributed by atoms with Gasteiger partial charge in [-0.15, -0.1) is 0 Å². The number of rotatable bonds is 2. The third-order valence-electron chi connectivity index (χ3n) is 2.37. The zero-order valence-corrected chi connectivity index (χ0v) is 8.23. The smallest absolute Gasteiger partial charge is 0.318 e. The standard InChI is InChI=1S/C11H14N2O/c1-9-7-13(11(14)12-9)8-10-5-3-2-4-6-10/h2-6,9H,7-8H2,1H3,(H,12,14)/t9-/m0/s1. The van der Waals surface area contributed by atoms with E-state index in [1.165, 1.54) is 5.56 Å². The minimum atomic E-state index is 0.0429. The molecule has 1 saturated heterocycles. The minimum Gasteiger partial charge on any atom is -0.334 e. The maximum atomic E-state index is 11.4. The van der Waals surface area contributed by atoms with Crippen LogP contribution in [0.25, 0.3) is 0 Å². The molecule has 14 heavy (non-hydrogen) atoms. The molecular formula is C11H14N2O. The molecule has 0 spiro atoms. The molecule has 1 aromatic rings. The highest BCUT2D eigenvalue weighted by atomic mass is 16.2. The molecule has 0 aliphatic carbocycles. The molecule has 3 nitrogen and oxygen atoms in total. The number of nitrogens with zero attached hydrogens (tertiary/aromatic N) is 1. The summed E-state index contributed by atoms with van der Waals surface area (Å²) in [4.78, 5) is 13.2. The van der Waals surface area contributed by atoms with E-state index in [0.29, 0.717) is 6.54 Å². The fourth-order valence-electron chi connectivity index (χ4n) is 1.70. The van der Waals surface area contributed by atoms with Crippen molar-refractivity contribution in [2.24, 2.45) is 0 Å². The molecule has 1 N–H and O–H groups in total. The minimum absolute atomic E-state index is 0.0429. The van der Waals surface area contributed by atoms with Crippen molar-refractivity contribution in [3.8, 4) is 0 Å². The Kier molecular flexibility index (Phi) is 2.39. The highest BCUT2D eigenvalue weighted by Gasteiger charge is 2.24. The average Bonchev–Trinajstić information content (AvgIpc) is 2.47. The number of amides is 2. The normalized spacial score (nSPS) is 21.1. The van der Waals surface area contributed by atoms with Gasteiger partial charge in [-0.2, -0.15) is 0 Å². The largest absolute Gasteiger partial charge is 0.334 e. The molecule has 1 heterocycles. The average molecular weight is 190 g/mol. The van der Waals surface area contributed by atoms with Crippen LogP contribution in [0, 0.1) is 0 Å². The third kappa shape index (κ3) is 1.87.